The van der Waals surface area contributed by atoms with Gasteiger partial charge >= 0.3 is 0 Å². The molecule has 0 radical (unpaired) electrons. The summed E-state index contributed by atoms with van der Waals surface area (Å²) in [6.45, 7) is 7.32. The number of hydrogen-bond donors (Lipinski definition) is 0. The molecule has 62 valence electrons. The molecule has 0 atom stereocenters. The van der Waals surface area contributed by atoms with Gasteiger partial charge in [-0.15, -0.1) is 0 Å². The number of allylic oxidation sites excluding steroid dienone is 3. The average molecular weight is 152 g/mol. The van der Waals surface area contributed by atoms with Crippen molar-refractivity contribution in [3.63, 3.8) is 0 Å². The molecule has 0 rings (SSSR count). The predicted molar refractivity (Wildman–Crippen MR) is 48.5 cm³/mol. The standard InChI is InChI=1S/C10H16O/c1-4-5-6-7-8-9(2)10(3)11/h5-6H,2,4,7-8H2,1,3H3/b6-5+. The lowest BCUT2D eigenvalue weighted by Crippen LogP contribution is -1.93. The topological polar surface area (TPSA) is 17.1 Å². The first-order valence-corrected chi connectivity index (χ1v) is 4.02. The lowest BCUT2D eigenvalue weighted by Gasteiger charge is -1.95. The SMILES string of the molecule is C=C(CC/C=C/CC)C(C)=O. The average Bonchev–Trinajstić information content (AvgIpc) is 1.97. The molecule has 0 aromatic carbocycles. The van der Waals surface area contributed by atoms with Gasteiger partial charge in [-0.2, -0.15) is 0 Å². The van der Waals surface area contributed by atoms with Crippen LogP contribution in [0, 0.1) is 0 Å². The summed E-state index contributed by atoms with van der Waals surface area (Å²) in [6, 6.07) is 0. The van der Waals surface area contributed by atoms with Crippen LogP contribution in [0.1, 0.15) is 33.1 Å². The summed E-state index contributed by atoms with van der Waals surface area (Å²) in [6.07, 6.45) is 6.99. The summed E-state index contributed by atoms with van der Waals surface area (Å²) < 4.78 is 0. The molecule has 0 aromatic rings. The number of Topliss-reactive ketones (excluding diaryl/α,β-unsaturated/α-hetero) is 1. The van der Waals surface area contributed by atoms with E-state index in [9.17, 15) is 4.79 Å². The first-order valence-electron chi connectivity index (χ1n) is 4.02. The van der Waals surface area contributed by atoms with Gasteiger partial charge in [0.05, 0.1) is 0 Å². The number of rotatable bonds is 5. The van der Waals surface area contributed by atoms with Crippen LogP contribution >= 0.6 is 0 Å². The number of ketones is 1. The molecule has 0 saturated heterocycles. The molecule has 0 bridgehead atoms. The van der Waals surface area contributed by atoms with Crippen LogP contribution in [0.2, 0.25) is 0 Å². The van der Waals surface area contributed by atoms with Crippen molar-refractivity contribution in [2.45, 2.75) is 33.1 Å². The van der Waals surface area contributed by atoms with Crippen molar-refractivity contribution in [2.24, 2.45) is 0 Å². The van der Waals surface area contributed by atoms with Crippen molar-refractivity contribution in [2.75, 3.05) is 0 Å². The van der Waals surface area contributed by atoms with E-state index in [-0.39, 0.29) is 5.78 Å². The highest BCUT2D eigenvalue weighted by Gasteiger charge is 1.96. The molecule has 0 unspecified atom stereocenters. The van der Waals surface area contributed by atoms with E-state index in [4.69, 9.17) is 0 Å². The minimum Gasteiger partial charge on any atom is -0.295 e. The van der Waals surface area contributed by atoms with E-state index >= 15 is 0 Å². The molecule has 1 heteroatoms. The number of hydrogen-bond acceptors (Lipinski definition) is 1. The second kappa shape index (κ2) is 5.90. The van der Waals surface area contributed by atoms with Crippen LogP contribution in [0.25, 0.3) is 0 Å². The Morgan fingerprint density at radius 2 is 2.09 bits per heavy atom. The van der Waals surface area contributed by atoms with E-state index in [1.165, 1.54) is 0 Å². The van der Waals surface area contributed by atoms with E-state index < -0.39 is 0 Å². The summed E-state index contributed by atoms with van der Waals surface area (Å²) in [5.41, 5.74) is 0.728. The van der Waals surface area contributed by atoms with E-state index in [1.807, 2.05) is 0 Å². The van der Waals surface area contributed by atoms with Crippen LogP contribution in [-0.2, 0) is 4.79 Å². The lowest BCUT2D eigenvalue weighted by atomic mass is 10.1. The molecule has 11 heavy (non-hydrogen) atoms. The molecular formula is C10H16O. The Bertz CT molecular complexity index is 166. The van der Waals surface area contributed by atoms with Crippen molar-refractivity contribution >= 4 is 5.78 Å². The Kier molecular flexibility index (Phi) is 5.44. The molecular weight excluding hydrogens is 136 g/mol. The largest absolute Gasteiger partial charge is 0.295 e. The van der Waals surface area contributed by atoms with E-state index in [0.717, 1.165) is 24.8 Å². The zero-order valence-electron chi connectivity index (χ0n) is 7.39. The monoisotopic (exact) mass is 152 g/mol. The third kappa shape index (κ3) is 5.59. The first kappa shape index (κ1) is 10.2. The van der Waals surface area contributed by atoms with Gasteiger partial charge in [0.2, 0.25) is 0 Å². The fourth-order valence-corrected chi connectivity index (χ4v) is 0.718. The second-order valence-corrected chi connectivity index (χ2v) is 2.58. The molecule has 0 amide bonds. The molecule has 0 aliphatic carbocycles. The van der Waals surface area contributed by atoms with Crippen LogP contribution in [0.4, 0.5) is 0 Å². The Hall–Kier alpha value is -0.850. The van der Waals surface area contributed by atoms with Crippen molar-refractivity contribution in [3.8, 4) is 0 Å². The summed E-state index contributed by atoms with van der Waals surface area (Å²) in [7, 11) is 0. The maximum Gasteiger partial charge on any atom is 0.155 e. The van der Waals surface area contributed by atoms with Crippen LogP contribution in [-0.4, -0.2) is 5.78 Å². The maximum atomic E-state index is 10.7. The minimum atomic E-state index is 0.106. The highest BCUT2D eigenvalue weighted by atomic mass is 16.1. The van der Waals surface area contributed by atoms with E-state index in [2.05, 4.69) is 25.7 Å². The van der Waals surface area contributed by atoms with Gasteiger partial charge in [0.1, 0.15) is 0 Å². The van der Waals surface area contributed by atoms with Gasteiger partial charge in [-0.3, -0.25) is 4.79 Å². The highest BCUT2D eigenvalue weighted by molar-refractivity contribution is 5.92. The Morgan fingerprint density at radius 1 is 1.45 bits per heavy atom. The van der Waals surface area contributed by atoms with Crippen molar-refractivity contribution in [3.05, 3.63) is 24.3 Å². The summed E-state index contributed by atoms with van der Waals surface area (Å²) in [4.78, 5) is 10.7. The molecule has 0 N–H and O–H groups in total. The predicted octanol–water partition coefficient (Wildman–Crippen LogP) is 2.88. The molecule has 0 saturated carbocycles. The quantitative estimate of drug-likeness (QED) is 0.437. The Morgan fingerprint density at radius 3 is 2.55 bits per heavy atom. The molecule has 0 fully saturated rings. The zero-order valence-corrected chi connectivity index (χ0v) is 7.39. The van der Waals surface area contributed by atoms with Crippen LogP contribution < -0.4 is 0 Å². The van der Waals surface area contributed by atoms with Gasteiger partial charge in [0.15, 0.2) is 5.78 Å². The van der Waals surface area contributed by atoms with Crippen molar-refractivity contribution in [1.29, 1.82) is 0 Å². The van der Waals surface area contributed by atoms with Crippen molar-refractivity contribution in [1.82, 2.24) is 0 Å². The van der Waals surface area contributed by atoms with E-state index in [1.54, 1.807) is 6.92 Å². The number of carbonyl (C=O) groups is 1. The molecule has 0 aliphatic rings. The molecule has 0 heterocycles. The fourth-order valence-electron chi connectivity index (χ4n) is 0.718. The van der Waals surface area contributed by atoms with Crippen LogP contribution in [0.3, 0.4) is 0 Å². The molecule has 1 nitrogen and oxygen atoms in total. The maximum absolute atomic E-state index is 10.7. The summed E-state index contributed by atoms with van der Waals surface area (Å²) in [5, 5.41) is 0. The lowest BCUT2D eigenvalue weighted by molar-refractivity contribution is -0.113. The molecule has 0 aliphatic heterocycles. The van der Waals surface area contributed by atoms with Gasteiger partial charge in [-0.05, 0) is 31.8 Å². The van der Waals surface area contributed by atoms with Crippen LogP contribution in [0.5, 0.6) is 0 Å². The van der Waals surface area contributed by atoms with Gasteiger partial charge in [-0.25, -0.2) is 0 Å². The Labute approximate surface area is 68.8 Å². The number of carbonyl (C=O) groups excluding carboxylic acids is 1. The van der Waals surface area contributed by atoms with Gasteiger partial charge in [0, 0.05) is 0 Å². The zero-order chi connectivity index (χ0) is 8.69. The smallest absolute Gasteiger partial charge is 0.155 e. The van der Waals surface area contributed by atoms with Crippen LogP contribution in [0.15, 0.2) is 24.3 Å². The highest BCUT2D eigenvalue weighted by Crippen LogP contribution is 2.03. The fraction of sp³-hybridized carbons (Fsp3) is 0.500. The second-order valence-electron chi connectivity index (χ2n) is 2.58. The van der Waals surface area contributed by atoms with Gasteiger partial charge < -0.3 is 0 Å². The minimum absolute atomic E-state index is 0.106. The van der Waals surface area contributed by atoms with Crippen molar-refractivity contribution < 1.29 is 4.79 Å². The molecule has 0 spiro atoms. The third-order valence-corrected chi connectivity index (χ3v) is 1.51. The normalized spacial score (nSPS) is 10.4. The summed E-state index contributed by atoms with van der Waals surface area (Å²) in [5.74, 6) is 0.106. The summed E-state index contributed by atoms with van der Waals surface area (Å²) >= 11 is 0. The first-order chi connectivity index (χ1) is 5.18. The van der Waals surface area contributed by atoms with E-state index in [0.29, 0.717) is 0 Å². The third-order valence-electron chi connectivity index (χ3n) is 1.51. The van der Waals surface area contributed by atoms with Gasteiger partial charge in [-0.1, -0.05) is 25.7 Å². The molecule has 0 aromatic heterocycles. The van der Waals surface area contributed by atoms with Gasteiger partial charge in [0.25, 0.3) is 0 Å². The Balaban J connectivity index is 3.47.